The number of hydrogen-bond acceptors (Lipinski definition) is 8. The van der Waals surface area contributed by atoms with Crippen LogP contribution in [0, 0.1) is 0 Å². The molecule has 0 spiro atoms. The minimum Gasteiger partial charge on any atom is -0.477 e. The van der Waals surface area contributed by atoms with Crippen LogP contribution in [0.4, 0.5) is 8.78 Å². The number of aliphatic carboxylic acids is 1. The molecule has 1 fully saturated rings. The number of nitrogens with one attached hydrogen (secondary N) is 2. The Bertz CT molecular complexity index is 792. The zero-order valence-corrected chi connectivity index (χ0v) is 16.6. The van der Waals surface area contributed by atoms with Gasteiger partial charge in [-0.15, -0.1) is 16.9 Å². The molecule has 28 heavy (non-hydrogen) atoms. The highest BCUT2D eigenvalue weighted by atomic mass is 32.2. The number of fused-ring (bicyclic) bond motifs is 1. The van der Waals surface area contributed by atoms with Crippen molar-refractivity contribution in [1.29, 1.82) is 0 Å². The summed E-state index contributed by atoms with van der Waals surface area (Å²) in [5.41, 5.74) is -0.0838. The van der Waals surface area contributed by atoms with Crippen LogP contribution < -0.4 is 5.32 Å². The first kappa shape index (κ1) is 20.9. The molecule has 2 aliphatic heterocycles. The number of carboxylic acid groups (broad SMARTS) is 1. The van der Waals surface area contributed by atoms with E-state index in [1.807, 2.05) is 0 Å². The summed E-state index contributed by atoms with van der Waals surface area (Å²) in [7, 11) is 0. The van der Waals surface area contributed by atoms with Crippen LogP contribution in [-0.4, -0.2) is 71.9 Å². The van der Waals surface area contributed by atoms with E-state index in [1.165, 1.54) is 28.4 Å². The van der Waals surface area contributed by atoms with Gasteiger partial charge in [-0.25, -0.2) is 4.79 Å². The number of carboxylic acids is 1. The highest BCUT2D eigenvalue weighted by Crippen LogP contribution is 2.42. The first-order valence-electron chi connectivity index (χ1n) is 7.98. The topological polar surface area (TPSA) is 128 Å². The number of aromatic amines is 1. The lowest BCUT2D eigenvalue weighted by Crippen LogP contribution is -2.71. The second-order valence-electron chi connectivity index (χ2n) is 5.72. The van der Waals surface area contributed by atoms with Crippen molar-refractivity contribution in [3.8, 4) is 0 Å². The van der Waals surface area contributed by atoms with Crippen molar-refractivity contribution in [2.45, 2.75) is 35.7 Å². The Hall–Kier alpha value is -1.80. The maximum atomic E-state index is 12.4. The molecule has 3 N–H and O–H groups in total. The number of H-pyrrole nitrogens is 1. The summed E-state index contributed by atoms with van der Waals surface area (Å²) in [4.78, 5) is 37.6. The Morgan fingerprint density at radius 3 is 2.86 bits per heavy atom. The number of β-lactam (4-membered cyclic amide) rings is 1. The number of carbonyl (C=O) groups is 3. The molecular formula is C14H15F2N5O4S3. The molecule has 0 saturated carbocycles. The lowest BCUT2D eigenvalue weighted by atomic mass is 9.86. The van der Waals surface area contributed by atoms with Gasteiger partial charge in [0.05, 0.1) is 23.1 Å². The number of amides is 2. The second kappa shape index (κ2) is 9.13. The molecule has 9 nitrogen and oxygen atoms in total. The van der Waals surface area contributed by atoms with Crippen LogP contribution in [0.5, 0.6) is 0 Å². The van der Waals surface area contributed by atoms with E-state index in [1.54, 1.807) is 6.20 Å². The molecule has 152 valence electrons. The van der Waals surface area contributed by atoms with Crippen molar-refractivity contribution in [1.82, 2.24) is 25.6 Å². The summed E-state index contributed by atoms with van der Waals surface area (Å²) in [6.45, 7) is 0. The predicted octanol–water partition coefficient (Wildman–Crippen LogP) is 1.33. The lowest BCUT2D eigenvalue weighted by Gasteiger charge is -2.50. The molecule has 0 aromatic carbocycles. The zero-order valence-electron chi connectivity index (χ0n) is 14.1. The van der Waals surface area contributed by atoms with Crippen LogP contribution in [0.3, 0.4) is 0 Å². The van der Waals surface area contributed by atoms with Gasteiger partial charge in [-0.05, 0) is 12.8 Å². The highest BCUT2D eigenvalue weighted by Gasteiger charge is 2.53. The van der Waals surface area contributed by atoms with Crippen LogP contribution in [-0.2, 0) is 14.4 Å². The van der Waals surface area contributed by atoms with Gasteiger partial charge in [-0.1, -0.05) is 23.5 Å². The van der Waals surface area contributed by atoms with Gasteiger partial charge in [0.1, 0.15) is 16.8 Å². The fourth-order valence-electron chi connectivity index (χ4n) is 2.94. The molecule has 0 radical (unpaired) electrons. The Morgan fingerprint density at radius 1 is 1.43 bits per heavy atom. The van der Waals surface area contributed by atoms with Crippen molar-refractivity contribution < 1.29 is 28.3 Å². The minimum atomic E-state index is -2.68. The average Bonchev–Trinajstić information content (AvgIpc) is 3.17. The van der Waals surface area contributed by atoms with Gasteiger partial charge >= 0.3 is 5.97 Å². The van der Waals surface area contributed by atoms with E-state index in [0.717, 1.165) is 0 Å². The van der Waals surface area contributed by atoms with Crippen molar-refractivity contribution in [2.75, 3.05) is 10.8 Å². The number of rotatable bonds is 9. The molecule has 0 unspecified atom stereocenters. The summed E-state index contributed by atoms with van der Waals surface area (Å²) >= 11 is 2.86. The molecule has 1 aromatic heterocycles. The van der Waals surface area contributed by atoms with Gasteiger partial charge < -0.3 is 10.4 Å². The summed E-state index contributed by atoms with van der Waals surface area (Å²) in [6, 6.07) is -1.36. The van der Waals surface area contributed by atoms with Crippen LogP contribution in [0.15, 0.2) is 21.8 Å². The molecule has 2 aliphatic rings. The molecular weight excluding hydrogens is 436 g/mol. The third-order valence-corrected chi connectivity index (χ3v) is 6.95. The van der Waals surface area contributed by atoms with Crippen LogP contribution in [0.25, 0.3) is 0 Å². The summed E-state index contributed by atoms with van der Waals surface area (Å²) in [5, 5.41) is 23.2. The third kappa shape index (κ3) is 4.60. The van der Waals surface area contributed by atoms with Crippen LogP contribution >= 0.6 is 35.3 Å². The van der Waals surface area contributed by atoms with Gasteiger partial charge in [0.2, 0.25) is 5.91 Å². The Labute approximate surface area is 170 Å². The van der Waals surface area contributed by atoms with Gasteiger partial charge in [0, 0.05) is 4.91 Å². The maximum absolute atomic E-state index is 12.4. The quantitative estimate of drug-likeness (QED) is 0.289. The summed E-state index contributed by atoms with van der Waals surface area (Å²) < 4.78 is 24.3. The van der Waals surface area contributed by atoms with E-state index in [-0.39, 0.29) is 17.5 Å². The predicted molar refractivity (Wildman–Crippen MR) is 99.6 cm³/mol. The van der Waals surface area contributed by atoms with E-state index in [4.69, 9.17) is 0 Å². The van der Waals surface area contributed by atoms with Gasteiger partial charge in [0.15, 0.2) is 0 Å². The number of alkyl halides is 2. The second-order valence-corrected chi connectivity index (χ2v) is 9.13. The first-order valence-corrected chi connectivity index (χ1v) is 11.0. The standard InChI is InChI=1S/C14H15F2N5O4S3/c15-14(16)26-4-8(22)18-10-6-1-2-7(11(13(24)25)21(6)12(10)23)27-5-28-9-3-17-20-19-9/h3,6,10,14H,1-2,4-5H2,(H,18,22)(H,24,25)(H,17,19,20)/t6-,10+/m1/s1. The lowest BCUT2D eigenvalue weighted by molar-refractivity contribution is -0.155. The summed E-state index contributed by atoms with van der Waals surface area (Å²) in [6.07, 6.45) is 2.47. The third-order valence-electron chi connectivity index (χ3n) is 4.08. The summed E-state index contributed by atoms with van der Waals surface area (Å²) in [5.74, 6) is -5.57. The van der Waals surface area contributed by atoms with Crippen molar-refractivity contribution in [2.24, 2.45) is 0 Å². The number of aromatic nitrogens is 3. The number of halogens is 2. The number of nitrogens with zero attached hydrogens (tertiary/aromatic N) is 3. The zero-order chi connectivity index (χ0) is 20.3. The largest absolute Gasteiger partial charge is 0.477 e. The van der Waals surface area contributed by atoms with Crippen molar-refractivity contribution >= 4 is 53.1 Å². The van der Waals surface area contributed by atoms with Gasteiger partial charge in [-0.2, -0.15) is 19.1 Å². The van der Waals surface area contributed by atoms with Crippen molar-refractivity contribution in [3.63, 3.8) is 0 Å². The minimum absolute atomic E-state index is 0.0838. The fraction of sp³-hybridized carbons (Fsp3) is 0.500. The van der Waals surface area contributed by atoms with E-state index in [9.17, 15) is 28.3 Å². The Morgan fingerprint density at radius 2 is 2.21 bits per heavy atom. The number of hydrogen-bond donors (Lipinski definition) is 3. The van der Waals surface area contributed by atoms with Crippen LogP contribution in [0.2, 0.25) is 0 Å². The van der Waals surface area contributed by atoms with Crippen molar-refractivity contribution in [3.05, 3.63) is 16.8 Å². The first-order chi connectivity index (χ1) is 13.4. The molecule has 3 heterocycles. The van der Waals surface area contributed by atoms with E-state index >= 15 is 0 Å². The SMILES string of the molecule is O=C(CSC(F)F)N[C@@H]1C(=O)N2C(C(=O)O)=C(SCSc3cn[nH]n3)CC[C@H]12. The monoisotopic (exact) mass is 451 g/mol. The fourth-order valence-corrected chi connectivity index (χ4v) is 5.41. The number of allylic oxidation sites excluding steroid dienone is 1. The van der Waals surface area contributed by atoms with E-state index in [0.29, 0.717) is 27.9 Å². The maximum Gasteiger partial charge on any atom is 0.353 e. The molecule has 1 saturated heterocycles. The molecule has 3 rings (SSSR count). The molecule has 0 aliphatic carbocycles. The van der Waals surface area contributed by atoms with E-state index in [2.05, 4.69) is 20.7 Å². The molecule has 1 aromatic rings. The Balaban J connectivity index is 1.62. The highest BCUT2D eigenvalue weighted by molar-refractivity contribution is 8.17. The Kier molecular flexibility index (Phi) is 6.82. The van der Waals surface area contributed by atoms with Gasteiger partial charge in [-0.3, -0.25) is 14.5 Å². The average molecular weight is 452 g/mol. The molecule has 2 amide bonds. The molecule has 0 bridgehead atoms. The number of carbonyl (C=O) groups excluding carboxylic acids is 2. The van der Waals surface area contributed by atoms with E-state index < -0.39 is 41.4 Å². The normalized spacial score (nSPS) is 21.5. The van der Waals surface area contributed by atoms with Crippen LogP contribution in [0.1, 0.15) is 12.8 Å². The smallest absolute Gasteiger partial charge is 0.353 e. The van der Waals surface area contributed by atoms with Gasteiger partial charge in [0.25, 0.3) is 11.7 Å². The number of thioether (sulfide) groups is 3. The molecule has 2 atom stereocenters. The molecule has 14 heteroatoms.